The summed E-state index contributed by atoms with van der Waals surface area (Å²) in [6.45, 7) is 4.36. The first kappa shape index (κ1) is 8.98. The van der Waals surface area contributed by atoms with Crippen LogP contribution in [0.2, 0.25) is 0 Å². The minimum atomic E-state index is 0.0528. The lowest BCUT2D eigenvalue weighted by Crippen LogP contribution is -2.44. The summed E-state index contributed by atoms with van der Waals surface area (Å²) in [6.07, 6.45) is 7.84. The molecule has 0 aromatic heterocycles. The average Bonchev–Trinajstić information content (AvgIpc) is 2.15. The molecule has 1 fully saturated rings. The van der Waals surface area contributed by atoms with E-state index in [1.54, 1.807) is 0 Å². The Balaban J connectivity index is 2.06. The van der Waals surface area contributed by atoms with Gasteiger partial charge in [0.25, 0.3) is 0 Å². The largest absolute Gasteiger partial charge is 0.299 e. The summed E-state index contributed by atoms with van der Waals surface area (Å²) in [6, 6.07) is 0. The molecule has 0 heterocycles. The van der Waals surface area contributed by atoms with Crippen LogP contribution >= 0.6 is 0 Å². The first-order chi connectivity index (χ1) is 6.13. The molecule has 0 aliphatic heterocycles. The molecular weight excluding hydrogens is 160 g/mol. The molecule has 2 rings (SSSR count). The quantitative estimate of drug-likeness (QED) is 0.564. The van der Waals surface area contributed by atoms with Crippen molar-refractivity contribution in [2.24, 2.45) is 11.3 Å². The van der Waals surface area contributed by atoms with E-state index in [0.717, 1.165) is 19.3 Å². The highest BCUT2D eigenvalue weighted by molar-refractivity contribution is 5.90. The number of hydrogen-bond acceptors (Lipinski definition) is 1. The Morgan fingerprint density at radius 3 is 2.62 bits per heavy atom. The zero-order chi connectivity index (χ0) is 9.47. The van der Waals surface area contributed by atoms with E-state index in [9.17, 15) is 4.79 Å². The molecule has 0 aromatic rings. The highest BCUT2D eigenvalue weighted by atomic mass is 16.1. The number of hydrogen-bond donors (Lipinski definition) is 0. The van der Waals surface area contributed by atoms with Crippen LogP contribution in [0, 0.1) is 11.3 Å². The van der Waals surface area contributed by atoms with E-state index >= 15 is 0 Å². The molecule has 72 valence electrons. The summed E-state index contributed by atoms with van der Waals surface area (Å²) < 4.78 is 0. The standard InChI is InChI=1S/C12H18O/c1-9-3-5-10(6-4-9)12(2)8-7-11(12)13/h3,10H,4-8H2,1-2H3/t10-,12+/m1/s1. The van der Waals surface area contributed by atoms with Gasteiger partial charge in [-0.15, -0.1) is 0 Å². The van der Waals surface area contributed by atoms with Crippen molar-refractivity contribution in [3.8, 4) is 0 Å². The molecule has 0 spiro atoms. The molecule has 1 saturated carbocycles. The Hall–Kier alpha value is -0.590. The van der Waals surface area contributed by atoms with Crippen molar-refractivity contribution in [2.45, 2.75) is 46.0 Å². The number of allylic oxidation sites excluding steroid dienone is 2. The third-order valence-electron chi connectivity index (χ3n) is 4.05. The van der Waals surface area contributed by atoms with Gasteiger partial charge in [0, 0.05) is 11.8 Å². The van der Waals surface area contributed by atoms with Gasteiger partial charge >= 0.3 is 0 Å². The summed E-state index contributed by atoms with van der Waals surface area (Å²) >= 11 is 0. The zero-order valence-corrected chi connectivity index (χ0v) is 8.60. The number of carbonyl (C=O) groups is 1. The van der Waals surface area contributed by atoms with Gasteiger partial charge in [-0.05, 0) is 38.5 Å². The number of Topliss-reactive ketones (excluding diaryl/α,β-unsaturated/α-hetero) is 1. The molecule has 2 aliphatic rings. The van der Waals surface area contributed by atoms with Crippen LogP contribution in [0.1, 0.15) is 46.0 Å². The Morgan fingerprint density at radius 2 is 2.23 bits per heavy atom. The first-order valence-corrected chi connectivity index (χ1v) is 5.32. The number of carbonyl (C=O) groups excluding carboxylic acids is 1. The van der Waals surface area contributed by atoms with Crippen molar-refractivity contribution >= 4 is 5.78 Å². The van der Waals surface area contributed by atoms with E-state index < -0.39 is 0 Å². The molecular formula is C12H18O. The Kier molecular flexibility index (Phi) is 2.05. The second kappa shape index (κ2) is 2.97. The third kappa shape index (κ3) is 1.34. The zero-order valence-electron chi connectivity index (χ0n) is 8.60. The fourth-order valence-corrected chi connectivity index (χ4v) is 2.60. The lowest BCUT2D eigenvalue weighted by atomic mass is 9.58. The molecule has 0 radical (unpaired) electrons. The van der Waals surface area contributed by atoms with E-state index in [4.69, 9.17) is 0 Å². The topological polar surface area (TPSA) is 17.1 Å². The van der Waals surface area contributed by atoms with E-state index in [0.29, 0.717) is 11.7 Å². The maximum absolute atomic E-state index is 11.5. The fraction of sp³-hybridized carbons (Fsp3) is 0.750. The van der Waals surface area contributed by atoms with E-state index in [-0.39, 0.29) is 5.41 Å². The van der Waals surface area contributed by atoms with Crippen molar-refractivity contribution < 1.29 is 4.79 Å². The van der Waals surface area contributed by atoms with Gasteiger partial charge < -0.3 is 0 Å². The van der Waals surface area contributed by atoms with Gasteiger partial charge in [-0.3, -0.25) is 4.79 Å². The molecule has 0 saturated heterocycles. The molecule has 13 heavy (non-hydrogen) atoms. The number of ketones is 1. The summed E-state index contributed by atoms with van der Waals surface area (Å²) in [7, 11) is 0. The molecule has 0 unspecified atom stereocenters. The Morgan fingerprint density at radius 1 is 1.46 bits per heavy atom. The first-order valence-electron chi connectivity index (χ1n) is 5.32. The lowest BCUT2D eigenvalue weighted by molar-refractivity contribution is -0.141. The SMILES string of the molecule is CC1=CC[C@@H]([C@]2(C)CCC2=O)CC1. The molecule has 1 heteroatoms. The van der Waals surface area contributed by atoms with Crippen LogP contribution in [-0.2, 0) is 4.79 Å². The highest BCUT2D eigenvalue weighted by Gasteiger charge is 2.46. The summed E-state index contributed by atoms with van der Waals surface area (Å²) in [5.74, 6) is 1.14. The van der Waals surface area contributed by atoms with Gasteiger partial charge in [0.05, 0.1) is 0 Å². The predicted molar refractivity (Wildman–Crippen MR) is 53.4 cm³/mol. The van der Waals surface area contributed by atoms with Crippen LogP contribution in [0.15, 0.2) is 11.6 Å². The molecule has 2 atom stereocenters. The second-order valence-electron chi connectivity index (χ2n) is 4.86. The Labute approximate surface area is 80.2 Å². The summed E-state index contributed by atoms with van der Waals surface area (Å²) in [5.41, 5.74) is 1.56. The van der Waals surface area contributed by atoms with E-state index in [1.807, 2.05) is 0 Å². The summed E-state index contributed by atoms with van der Waals surface area (Å²) in [5, 5.41) is 0. The molecule has 2 aliphatic carbocycles. The minimum absolute atomic E-state index is 0.0528. The van der Waals surface area contributed by atoms with Crippen molar-refractivity contribution in [1.29, 1.82) is 0 Å². The van der Waals surface area contributed by atoms with Crippen LogP contribution < -0.4 is 0 Å². The summed E-state index contributed by atoms with van der Waals surface area (Å²) in [4.78, 5) is 11.5. The van der Waals surface area contributed by atoms with Crippen molar-refractivity contribution in [3.05, 3.63) is 11.6 Å². The van der Waals surface area contributed by atoms with Gasteiger partial charge in [-0.25, -0.2) is 0 Å². The van der Waals surface area contributed by atoms with Crippen LogP contribution in [0.5, 0.6) is 0 Å². The van der Waals surface area contributed by atoms with Crippen molar-refractivity contribution in [1.82, 2.24) is 0 Å². The van der Waals surface area contributed by atoms with Crippen LogP contribution in [0.4, 0.5) is 0 Å². The maximum Gasteiger partial charge on any atom is 0.139 e. The fourth-order valence-electron chi connectivity index (χ4n) is 2.60. The van der Waals surface area contributed by atoms with Gasteiger partial charge in [0.15, 0.2) is 0 Å². The second-order valence-corrected chi connectivity index (χ2v) is 4.86. The maximum atomic E-state index is 11.5. The molecule has 0 bridgehead atoms. The Bertz CT molecular complexity index is 264. The number of rotatable bonds is 1. The monoisotopic (exact) mass is 178 g/mol. The minimum Gasteiger partial charge on any atom is -0.299 e. The highest BCUT2D eigenvalue weighted by Crippen LogP contribution is 2.48. The predicted octanol–water partition coefficient (Wildman–Crippen LogP) is 3.10. The third-order valence-corrected chi connectivity index (χ3v) is 4.05. The molecule has 0 aromatic carbocycles. The average molecular weight is 178 g/mol. The molecule has 0 N–H and O–H groups in total. The van der Waals surface area contributed by atoms with E-state index in [2.05, 4.69) is 19.9 Å². The molecule has 0 amide bonds. The smallest absolute Gasteiger partial charge is 0.139 e. The molecule has 1 nitrogen and oxygen atoms in total. The normalized spacial score (nSPS) is 39.7. The van der Waals surface area contributed by atoms with Crippen molar-refractivity contribution in [2.75, 3.05) is 0 Å². The van der Waals surface area contributed by atoms with Crippen molar-refractivity contribution in [3.63, 3.8) is 0 Å². The van der Waals surface area contributed by atoms with E-state index in [1.165, 1.54) is 18.4 Å². The van der Waals surface area contributed by atoms with Gasteiger partial charge in [-0.1, -0.05) is 18.6 Å². The van der Waals surface area contributed by atoms with Crippen LogP contribution in [0.3, 0.4) is 0 Å². The lowest BCUT2D eigenvalue weighted by Gasteiger charge is -2.44. The van der Waals surface area contributed by atoms with Gasteiger partial charge in [0.1, 0.15) is 5.78 Å². The van der Waals surface area contributed by atoms with Gasteiger partial charge in [0.2, 0.25) is 0 Å². The van der Waals surface area contributed by atoms with Gasteiger partial charge in [-0.2, -0.15) is 0 Å². The van der Waals surface area contributed by atoms with Crippen LogP contribution in [-0.4, -0.2) is 5.78 Å². The van der Waals surface area contributed by atoms with Crippen LogP contribution in [0.25, 0.3) is 0 Å².